The van der Waals surface area contributed by atoms with Crippen LogP contribution in [0.25, 0.3) is 0 Å². The molecule has 0 aliphatic carbocycles. The van der Waals surface area contributed by atoms with Crippen molar-refractivity contribution in [3.63, 3.8) is 0 Å². The highest BCUT2D eigenvalue weighted by Gasteiger charge is 2.40. The van der Waals surface area contributed by atoms with E-state index >= 15 is 0 Å². The zero-order valence-corrected chi connectivity index (χ0v) is 12.8. The van der Waals surface area contributed by atoms with E-state index in [-0.39, 0.29) is 11.6 Å². The number of carbonyl (C=O) groups excluding carboxylic acids is 2. The Morgan fingerprint density at radius 2 is 1.33 bits per heavy atom. The zero-order valence-electron chi connectivity index (χ0n) is 12.8. The summed E-state index contributed by atoms with van der Waals surface area (Å²) in [6, 6.07) is 0. The molecule has 0 fully saturated rings. The molecule has 0 amide bonds. The van der Waals surface area contributed by atoms with E-state index < -0.39 is 16.7 Å². The molecule has 0 aliphatic rings. The van der Waals surface area contributed by atoms with Crippen LogP contribution < -0.4 is 0 Å². The van der Waals surface area contributed by atoms with Crippen LogP contribution >= 0.6 is 0 Å². The summed E-state index contributed by atoms with van der Waals surface area (Å²) in [5.41, 5.74) is -0.875. The van der Waals surface area contributed by atoms with Crippen LogP contribution in [0.1, 0.15) is 60.8 Å². The van der Waals surface area contributed by atoms with E-state index in [9.17, 15) is 9.59 Å². The van der Waals surface area contributed by atoms with Gasteiger partial charge in [-0.1, -0.05) is 47.6 Å². The lowest BCUT2D eigenvalue weighted by Crippen LogP contribution is -2.40. The van der Waals surface area contributed by atoms with Crippen molar-refractivity contribution < 1.29 is 9.59 Å². The van der Waals surface area contributed by atoms with Crippen molar-refractivity contribution in [1.82, 2.24) is 0 Å². The fourth-order valence-electron chi connectivity index (χ4n) is 1.79. The normalized spacial score (nSPS) is 12.6. The molecule has 0 saturated carbocycles. The Kier molecular flexibility index (Phi) is 5.98. The second-order valence-corrected chi connectivity index (χ2v) is 6.28. The molecule has 2 nitrogen and oxygen atoms in total. The summed E-state index contributed by atoms with van der Waals surface area (Å²) >= 11 is 0. The van der Waals surface area contributed by atoms with Crippen molar-refractivity contribution in [2.45, 2.75) is 60.8 Å². The molecule has 0 unspecified atom stereocenters. The van der Waals surface area contributed by atoms with Crippen LogP contribution in [0.4, 0.5) is 0 Å². The number of allylic oxidation sites excluding steroid dienone is 1. The van der Waals surface area contributed by atoms with Crippen LogP contribution in [0.3, 0.4) is 0 Å². The maximum absolute atomic E-state index is 12.5. The predicted octanol–water partition coefficient (Wildman–Crippen LogP) is 4.19. The molecule has 0 aromatic heterocycles. The summed E-state index contributed by atoms with van der Waals surface area (Å²) in [6.07, 6.45) is 3.63. The topological polar surface area (TPSA) is 34.1 Å². The van der Waals surface area contributed by atoms with Gasteiger partial charge in [0.05, 0.1) is 5.92 Å². The van der Waals surface area contributed by atoms with Gasteiger partial charge >= 0.3 is 0 Å². The molecule has 0 N–H and O–H groups in total. The summed E-state index contributed by atoms with van der Waals surface area (Å²) in [4.78, 5) is 25.0. The molecule has 18 heavy (non-hydrogen) atoms. The monoisotopic (exact) mass is 252 g/mol. The maximum atomic E-state index is 12.5. The molecule has 0 bridgehead atoms. The average molecular weight is 252 g/mol. The second kappa shape index (κ2) is 6.31. The molecule has 0 saturated heterocycles. The fraction of sp³-hybridized carbons (Fsp3) is 0.750. The van der Waals surface area contributed by atoms with Gasteiger partial charge in [-0.2, -0.15) is 0 Å². The Morgan fingerprint density at radius 3 is 1.56 bits per heavy atom. The average Bonchev–Trinajstić information content (AvgIpc) is 2.34. The fourth-order valence-corrected chi connectivity index (χ4v) is 1.79. The standard InChI is InChI=1S/C16H28O2/c1-8-11-12(13(17)15(4,5)9-2)14(18)16(6,7)10-3/h8,12H,1,9-11H2,2-7H3. The van der Waals surface area contributed by atoms with Crippen LogP contribution in [-0.4, -0.2) is 11.6 Å². The lowest BCUT2D eigenvalue weighted by Gasteiger charge is -2.31. The number of hydrogen-bond donors (Lipinski definition) is 0. The van der Waals surface area contributed by atoms with Gasteiger partial charge in [0.2, 0.25) is 0 Å². The van der Waals surface area contributed by atoms with Crippen LogP contribution in [0.5, 0.6) is 0 Å². The Morgan fingerprint density at radius 1 is 1.00 bits per heavy atom. The van der Waals surface area contributed by atoms with E-state index in [0.717, 1.165) is 12.8 Å². The lowest BCUT2D eigenvalue weighted by atomic mass is 9.70. The van der Waals surface area contributed by atoms with Crippen LogP contribution in [-0.2, 0) is 9.59 Å². The molecule has 0 aromatic rings. The van der Waals surface area contributed by atoms with Crippen LogP contribution in [0.2, 0.25) is 0 Å². The smallest absolute Gasteiger partial charge is 0.149 e. The van der Waals surface area contributed by atoms with Gasteiger partial charge in [-0.05, 0) is 19.3 Å². The molecule has 104 valence electrons. The van der Waals surface area contributed by atoms with Gasteiger partial charge in [0.1, 0.15) is 11.6 Å². The Hall–Kier alpha value is -0.920. The first-order chi connectivity index (χ1) is 8.14. The molecular weight excluding hydrogens is 224 g/mol. The van der Waals surface area contributed by atoms with Crippen LogP contribution in [0.15, 0.2) is 12.7 Å². The van der Waals surface area contributed by atoms with Gasteiger partial charge in [-0.3, -0.25) is 9.59 Å². The molecule has 0 aromatic carbocycles. The summed E-state index contributed by atoms with van der Waals surface area (Å²) in [7, 11) is 0. The summed E-state index contributed by atoms with van der Waals surface area (Å²) < 4.78 is 0. The van der Waals surface area contributed by atoms with Gasteiger partial charge < -0.3 is 0 Å². The highest BCUT2D eigenvalue weighted by atomic mass is 16.2. The minimum absolute atomic E-state index is 0.0522. The zero-order chi connectivity index (χ0) is 14.6. The third-order valence-electron chi connectivity index (χ3n) is 4.14. The van der Waals surface area contributed by atoms with E-state index in [1.165, 1.54) is 0 Å². The number of ketones is 2. The van der Waals surface area contributed by atoms with Gasteiger partial charge in [0.15, 0.2) is 0 Å². The molecular formula is C16H28O2. The summed E-state index contributed by atoms with van der Waals surface area (Å²) in [6.45, 7) is 15.3. The first-order valence-corrected chi connectivity index (χ1v) is 6.83. The van der Waals surface area contributed by atoms with Gasteiger partial charge in [-0.25, -0.2) is 0 Å². The summed E-state index contributed by atoms with van der Waals surface area (Å²) in [5, 5.41) is 0. The van der Waals surface area contributed by atoms with Crippen molar-refractivity contribution in [3.05, 3.63) is 12.7 Å². The minimum atomic E-state index is -0.535. The van der Waals surface area contributed by atoms with Crippen molar-refractivity contribution in [2.75, 3.05) is 0 Å². The number of Topliss-reactive ketones (excluding diaryl/α,β-unsaturated/α-hetero) is 2. The largest absolute Gasteiger partial charge is 0.298 e. The quantitative estimate of drug-likeness (QED) is 0.479. The first-order valence-electron chi connectivity index (χ1n) is 6.83. The number of rotatable bonds is 8. The van der Waals surface area contributed by atoms with E-state index in [1.807, 2.05) is 41.5 Å². The molecule has 0 aliphatic heterocycles. The molecule has 0 rings (SSSR count). The summed E-state index contributed by atoms with van der Waals surface area (Å²) in [5.74, 6) is -0.430. The highest BCUT2D eigenvalue weighted by Crippen LogP contribution is 2.33. The Balaban J connectivity index is 5.27. The van der Waals surface area contributed by atoms with Gasteiger partial charge in [-0.15, -0.1) is 6.58 Å². The third-order valence-corrected chi connectivity index (χ3v) is 4.14. The first kappa shape index (κ1) is 17.1. The lowest BCUT2D eigenvalue weighted by molar-refractivity contribution is -0.142. The van der Waals surface area contributed by atoms with Gasteiger partial charge in [0, 0.05) is 10.8 Å². The Bertz CT molecular complexity index is 296. The molecule has 0 heterocycles. The number of hydrogen-bond acceptors (Lipinski definition) is 2. The van der Waals surface area contributed by atoms with E-state index in [4.69, 9.17) is 0 Å². The highest BCUT2D eigenvalue weighted by molar-refractivity contribution is 6.06. The Labute approximate surface area is 112 Å². The van der Waals surface area contributed by atoms with E-state index in [0.29, 0.717) is 6.42 Å². The van der Waals surface area contributed by atoms with Crippen molar-refractivity contribution in [1.29, 1.82) is 0 Å². The van der Waals surface area contributed by atoms with Crippen molar-refractivity contribution in [2.24, 2.45) is 16.7 Å². The third kappa shape index (κ3) is 3.79. The van der Waals surface area contributed by atoms with Gasteiger partial charge in [0.25, 0.3) is 0 Å². The SMILES string of the molecule is C=CCC(C(=O)C(C)(C)CC)C(=O)C(C)(C)CC. The molecule has 0 atom stereocenters. The molecule has 0 spiro atoms. The minimum Gasteiger partial charge on any atom is -0.298 e. The van der Waals surface area contributed by atoms with E-state index in [1.54, 1.807) is 6.08 Å². The molecule has 0 radical (unpaired) electrons. The second-order valence-electron chi connectivity index (χ2n) is 6.28. The predicted molar refractivity (Wildman–Crippen MR) is 76.5 cm³/mol. The molecule has 2 heteroatoms. The van der Waals surface area contributed by atoms with Crippen molar-refractivity contribution >= 4 is 11.6 Å². The van der Waals surface area contributed by atoms with Crippen LogP contribution in [0, 0.1) is 16.7 Å². The number of carbonyl (C=O) groups is 2. The van der Waals surface area contributed by atoms with Crippen molar-refractivity contribution in [3.8, 4) is 0 Å². The maximum Gasteiger partial charge on any atom is 0.149 e. The van der Waals surface area contributed by atoms with E-state index in [2.05, 4.69) is 6.58 Å².